The highest BCUT2D eigenvalue weighted by Crippen LogP contribution is 2.22. The van der Waals surface area contributed by atoms with Gasteiger partial charge < -0.3 is 9.47 Å². The van der Waals surface area contributed by atoms with E-state index in [9.17, 15) is 5.26 Å². The number of ether oxygens (including phenoxy) is 2. The maximum atomic E-state index is 9.39. The third kappa shape index (κ3) is 4.22. The minimum atomic E-state index is 0.400. The van der Waals surface area contributed by atoms with Crippen LogP contribution in [0, 0.1) is 18.3 Å². The van der Waals surface area contributed by atoms with Crippen molar-refractivity contribution < 1.29 is 9.47 Å². The van der Waals surface area contributed by atoms with E-state index in [-0.39, 0.29) is 0 Å². The number of hydrogen-bond acceptors (Lipinski definition) is 6. The van der Waals surface area contributed by atoms with Gasteiger partial charge in [-0.1, -0.05) is 18.2 Å². The van der Waals surface area contributed by atoms with Crippen LogP contribution < -0.4 is 9.47 Å². The van der Waals surface area contributed by atoms with Crippen molar-refractivity contribution in [3.63, 3.8) is 0 Å². The molecule has 128 valence electrons. The van der Waals surface area contributed by atoms with Gasteiger partial charge in [0.05, 0.1) is 30.8 Å². The number of nitrogens with zero attached hydrogens (tertiary/aromatic N) is 4. The van der Waals surface area contributed by atoms with E-state index in [2.05, 4.69) is 21.0 Å². The van der Waals surface area contributed by atoms with Crippen LogP contribution in [0.15, 0.2) is 54.9 Å². The maximum Gasteiger partial charge on any atom is 0.232 e. The quantitative estimate of drug-likeness (QED) is 0.650. The van der Waals surface area contributed by atoms with Gasteiger partial charge >= 0.3 is 0 Å². The zero-order valence-corrected chi connectivity index (χ0v) is 14.4. The molecule has 26 heavy (non-hydrogen) atoms. The van der Waals surface area contributed by atoms with Gasteiger partial charge in [0.2, 0.25) is 11.8 Å². The van der Waals surface area contributed by atoms with Gasteiger partial charge in [0.15, 0.2) is 0 Å². The number of methoxy groups -OCH3 is 1. The van der Waals surface area contributed by atoms with Crippen molar-refractivity contribution in [1.29, 1.82) is 5.26 Å². The summed E-state index contributed by atoms with van der Waals surface area (Å²) < 4.78 is 10.7. The van der Waals surface area contributed by atoms with E-state index < -0.39 is 0 Å². The molecule has 0 bridgehead atoms. The Labute approximate surface area is 151 Å². The van der Waals surface area contributed by atoms with Gasteiger partial charge in [-0.2, -0.15) is 5.26 Å². The standard InChI is InChI=1S/C20H16N4O2/c1-14-4-3-5-19(24-14)26-17-8-6-15(7-9-17)10-16(11-21)18-12-23-20(25-2)13-22-18/h3-10,12-13H,1-2H3. The summed E-state index contributed by atoms with van der Waals surface area (Å²) in [6.07, 6.45) is 4.73. The van der Waals surface area contributed by atoms with Crippen molar-refractivity contribution in [2.24, 2.45) is 0 Å². The van der Waals surface area contributed by atoms with Crippen molar-refractivity contribution in [2.45, 2.75) is 6.92 Å². The number of allylic oxidation sites excluding steroid dienone is 1. The van der Waals surface area contributed by atoms with E-state index in [1.807, 2.05) is 43.3 Å². The molecule has 0 radical (unpaired) electrons. The third-order valence-corrected chi connectivity index (χ3v) is 3.51. The predicted molar refractivity (Wildman–Crippen MR) is 97.6 cm³/mol. The van der Waals surface area contributed by atoms with Gasteiger partial charge in [-0.05, 0) is 36.8 Å². The molecule has 1 aromatic carbocycles. The van der Waals surface area contributed by atoms with Crippen LogP contribution in [0.2, 0.25) is 0 Å². The van der Waals surface area contributed by atoms with Gasteiger partial charge in [0, 0.05) is 11.8 Å². The van der Waals surface area contributed by atoms with E-state index >= 15 is 0 Å². The van der Waals surface area contributed by atoms with Crippen LogP contribution in [0.3, 0.4) is 0 Å². The molecule has 0 fully saturated rings. The van der Waals surface area contributed by atoms with E-state index in [0.29, 0.717) is 28.8 Å². The Bertz CT molecular complexity index is 958. The molecule has 0 saturated carbocycles. The molecule has 0 aliphatic rings. The monoisotopic (exact) mass is 344 g/mol. The molecule has 0 aliphatic heterocycles. The Morgan fingerprint density at radius 1 is 1.04 bits per heavy atom. The number of rotatable bonds is 5. The largest absolute Gasteiger partial charge is 0.480 e. The molecule has 0 saturated heterocycles. The minimum absolute atomic E-state index is 0.400. The maximum absolute atomic E-state index is 9.39. The molecule has 0 N–H and O–H groups in total. The lowest BCUT2D eigenvalue weighted by atomic mass is 10.1. The molecule has 0 aliphatic carbocycles. The number of nitriles is 1. The second-order valence-corrected chi connectivity index (χ2v) is 5.40. The average molecular weight is 344 g/mol. The molecule has 3 rings (SSSR count). The van der Waals surface area contributed by atoms with Crippen molar-refractivity contribution in [3.8, 4) is 23.6 Å². The smallest absolute Gasteiger partial charge is 0.232 e. The zero-order valence-electron chi connectivity index (χ0n) is 14.4. The predicted octanol–water partition coefficient (Wildman–Crippen LogP) is 4.05. The van der Waals surface area contributed by atoms with E-state index in [1.54, 1.807) is 12.1 Å². The summed E-state index contributed by atoms with van der Waals surface area (Å²) >= 11 is 0. The van der Waals surface area contributed by atoms with Crippen molar-refractivity contribution in [3.05, 3.63) is 71.8 Å². The summed E-state index contributed by atoms with van der Waals surface area (Å²) in [6.45, 7) is 1.91. The summed E-state index contributed by atoms with van der Waals surface area (Å²) in [6, 6.07) is 15.1. The zero-order chi connectivity index (χ0) is 18.4. The molecule has 0 amide bonds. The van der Waals surface area contributed by atoms with Crippen LogP contribution in [-0.4, -0.2) is 22.1 Å². The molecule has 2 heterocycles. The fourth-order valence-electron chi connectivity index (χ4n) is 2.22. The van der Waals surface area contributed by atoms with Gasteiger partial charge in [0.25, 0.3) is 0 Å². The molecule has 0 spiro atoms. The molecule has 6 heteroatoms. The molecule has 3 aromatic rings. The van der Waals surface area contributed by atoms with Crippen LogP contribution in [-0.2, 0) is 0 Å². The summed E-state index contributed by atoms with van der Waals surface area (Å²) in [5.74, 6) is 1.61. The van der Waals surface area contributed by atoms with Gasteiger partial charge in [-0.3, -0.25) is 0 Å². The highest BCUT2D eigenvalue weighted by Gasteiger charge is 2.05. The molecule has 0 unspecified atom stereocenters. The average Bonchev–Trinajstić information content (AvgIpc) is 2.67. The molecular formula is C20H16N4O2. The molecule has 0 atom stereocenters. The summed E-state index contributed by atoms with van der Waals surface area (Å²) in [7, 11) is 1.51. The highest BCUT2D eigenvalue weighted by atomic mass is 16.5. The van der Waals surface area contributed by atoms with Gasteiger partial charge in [-0.15, -0.1) is 0 Å². The third-order valence-electron chi connectivity index (χ3n) is 3.51. The summed E-state index contributed by atoms with van der Waals surface area (Å²) in [5.41, 5.74) is 2.64. The second kappa shape index (κ2) is 7.90. The summed E-state index contributed by atoms with van der Waals surface area (Å²) in [4.78, 5) is 12.6. The Balaban J connectivity index is 1.78. The Morgan fingerprint density at radius 2 is 1.85 bits per heavy atom. The fraction of sp³-hybridized carbons (Fsp3) is 0.100. The van der Waals surface area contributed by atoms with E-state index in [0.717, 1.165) is 11.3 Å². The molecule has 2 aromatic heterocycles. The number of aromatic nitrogens is 3. The van der Waals surface area contributed by atoms with Gasteiger partial charge in [0.1, 0.15) is 11.8 Å². The first-order chi connectivity index (χ1) is 12.7. The lowest BCUT2D eigenvalue weighted by molar-refractivity contribution is 0.395. The lowest BCUT2D eigenvalue weighted by Crippen LogP contribution is -1.93. The lowest BCUT2D eigenvalue weighted by Gasteiger charge is -2.06. The number of aryl methyl sites for hydroxylation is 1. The Kier molecular flexibility index (Phi) is 5.20. The Hall–Kier alpha value is -3.72. The van der Waals surface area contributed by atoms with E-state index in [1.165, 1.54) is 19.5 Å². The van der Waals surface area contributed by atoms with Gasteiger partial charge in [-0.25, -0.2) is 15.0 Å². The first-order valence-electron chi connectivity index (χ1n) is 7.88. The van der Waals surface area contributed by atoms with Crippen molar-refractivity contribution in [2.75, 3.05) is 7.11 Å². The number of hydrogen-bond donors (Lipinski definition) is 0. The first-order valence-corrected chi connectivity index (χ1v) is 7.88. The van der Waals surface area contributed by atoms with Crippen LogP contribution in [0.25, 0.3) is 11.6 Å². The Morgan fingerprint density at radius 3 is 2.46 bits per heavy atom. The van der Waals surface area contributed by atoms with Crippen LogP contribution in [0.5, 0.6) is 17.5 Å². The van der Waals surface area contributed by atoms with E-state index in [4.69, 9.17) is 9.47 Å². The fourth-order valence-corrected chi connectivity index (χ4v) is 2.22. The first kappa shape index (κ1) is 17.1. The molecule has 6 nitrogen and oxygen atoms in total. The highest BCUT2D eigenvalue weighted by molar-refractivity contribution is 5.88. The minimum Gasteiger partial charge on any atom is -0.480 e. The number of pyridine rings is 1. The second-order valence-electron chi connectivity index (χ2n) is 5.40. The topological polar surface area (TPSA) is 80.9 Å². The van der Waals surface area contributed by atoms with Crippen LogP contribution >= 0.6 is 0 Å². The van der Waals surface area contributed by atoms with Crippen LogP contribution in [0.4, 0.5) is 0 Å². The van der Waals surface area contributed by atoms with Crippen LogP contribution in [0.1, 0.15) is 17.0 Å². The van der Waals surface area contributed by atoms with Crippen molar-refractivity contribution in [1.82, 2.24) is 15.0 Å². The number of benzene rings is 1. The summed E-state index contributed by atoms with van der Waals surface area (Å²) in [5, 5.41) is 9.39. The normalized spacial score (nSPS) is 10.9. The molecular weight excluding hydrogens is 328 g/mol. The SMILES string of the molecule is COc1cnc(C(C#N)=Cc2ccc(Oc3cccc(C)n3)cc2)cn1. The van der Waals surface area contributed by atoms with Crippen molar-refractivity contribution >= 4 is 11.6 Å².